The van der Waals surface area contributed by atoms with Crippen LogP contribution in [-0.4, -0.2) is 40.1 Å². The number of nitrogens with two attached hydrogens (primary N) is 2. The van der Waals surface area contributed by atoms with Crippen LogP contribution in [-0.2, 0) is 11.3 Å². The van der Waals surface area contributed by atoms with Gasteiger partial charge in [-0.2, -0.15) is 0 Å². The van der Waals surface area contributed by atoms with Crippen LogP contribution in [0.15, 0.2) is 45.4 Å². The SMILES string of the molecule is C=C(OC1C=c2oc(CN3[C@@H]4CC[C@H]3CC(NC(N)=O)C4)cc2=CC1)Sc1cccnc1N. The highest BCUT2D eigenvalue weighted by Gasteiger charge is 2.41. The number of hydrogen-bond donors (Lipinski definition) is 3. The van der Waals surface area contributed by atoms with Gasteiger partial charge in [0, 0.05) is 36.0 Å². The lowest BCUT2D eigenvalue weighted by atomic mass is 9.97. The molecule has 2 amide bonds. The van der Waals surface area contributed by atoms with E-state index < -0.39 is 6.03 Å². The van der Waals surface area contributed by atoms with Crippen molar-refractivity contribution >= 4 is 35.8 Å². The number of nitrogens with one attached hydrogen (secondary N) is 1. The number of amides is 2. The number of thioether (sulfide) groups is 1. The second-order valence-corrected chi connectivity index (χ2v) is 9.99. The molecule has 1 aliphatic carbocycles. The maximum Gasteiger partial charge on any atom is 0.312 e. The minimum atomic E-state index is -0.431. The largest absolute Gasteiger partial charge is 0.480 e. The Hall–Kier alpha value is -2.91. The number of primary amides is 1. The number of pyridine rings is 1. The van der Waals surface area contributed by atoms with E-state index in [0.29, 0.717) is 23.0 Å². The van der Waals surface area contributed by atoms with Gasteiger partial charge in [-0.1, -0.05) is 6.08 Å². The predicted octanol–water partition coefficient (Wildman–Crippen LogP) is 2.03. The molecule has 3 aliphatic rings. The molecular weight excluding hydrogens is 438 g/mol. The monoisotopic (exact) mass is 467 g/mol. The molecule has 5 rings (SSSR count). The standard InChI is InChI=1S/C24H29N5O3S/c1-14(33-22-3-2-8-27-23(22)25)31-19-7-4-15-9-20(32-21(15)12-19)13-29-17-5-6-18(29)11-16(10-17)28-24(26)30/h2-4,8-9,12,16-19H,1,5-7,10-11,13H2,(H2,25,27)(H3,26,28,30)/t16?,17-,18+,19?. The van der Waals surface area contributed by atoms with Gasteiger partial charge in [-0.25, -0.2) is 9.78 Å². The van der Waals surface area contributed by atoms with Crippen LogP contribution in [0.25, 0.3) is 12.2 Å². The lowest BCUT2D eigenvalue weighted by molar-refractivity contribution is 0.103. The lowest BCUT2D eigenvalue weighted by Gasteiger charge is -2.38. The fraction of sp³-hybridized carbons (Fsp3) is 0.417. The summed E-state index contributed by atoms with van der Waals surface area (Å²) >= 11 is 1.38. The second-order valence-electron chi connectivity index (χ2n) is 8.89. The Bertz CT molecular complexity index is 1170. The van der Waals surface area contributed by atoms with Crippen LogP contribution in [0.1, 0.15) is 37.9 Å². The smallest absolute Gasteiger partial charge is 0.312 e. The molecule has 0 aromatic carbocycles. The number of hydrogen-bond acceptors (Lipinski definition) is 7. The Balaban J connectivity index is 1.22. The summed E-state index contributed by atoms with van der Waals surface area (Å²) in [6.07, 6.45) is 10.6. The zero-order chi connectivity index (χ0) is 22.9. The van der Waals surface area contributed by atoms with Crippen LogP contribution in [0.4, 0.5) is 10.6 Å². The molecule has 4 heterocycles. The molecule has 4 atom stereocenters. The molecule has 0 saturated carbocycles. The minimum absolute atomic E-state index is 0.138. The van der Waals surface area contributed by atoms with Crippen LogP contribution in [0.5, 0.6) is 0 Å². The molecule has 2 bridgehead atoms. The van der Waals surface area contributed by atoms with E-state index in [9.17, 15) is 4.79 Å². The number of nitrogens with zero attached hydrogens (tertiary/aromatic N) is 2. The number of nitrogen functional groups attached to an aromatic ring is 1. The predicted molar refractivity (Wildman–Crippen MR) is 128 cm³/mol. The lowest BCUT2D eigenvalue weighted by Crippen LogP contribution is -2.51. The van der Waals surface area contributed by atoms with E-state index in [1.165, 1.54) is 11.8 Å². The van der Waals surface area contributed by atoms with Crippen molar-refractivity contribution in [2.45, 2.75) is 67.8 Å². The molecule has 174 valence electrons. The summed E-state index contributed by atoms with van der Waals surface area (Å²) in [5.74, 6) is 1.43. The highest BCUT2D eigenvalue weighted by molar-refractivity contribution is 8.03. The quantitative estimate of drug-likeness (QED) is 0.421. The van der Waals surface area contributed by atoms with Crippen LogP contribution in [0, 0.1) is 0 Å². The maximum atomic E-state index is 11.2. The van der Waals surface area contributed by atoms with Gasteiger partial charge < -0.3 is 25.9 Å². The summed E-state index contributed by atoms with van der Waals surface area (Å²) in [6.45, 7) is 4.80. The first kappa shape index (κ1) is 21.9. The molecule has 2 unspecified atom stereocenters. The van der Waals surface area contributed by atoms with Gasteiger partial charge in [0.25, 0.3) is 0 Å². The normalized spacial score (nSPS) is 26.1. The van der Waals surface area contributed by atoms with Crippen molar-refractivity contribution in [3.63, 3.8) is 0 Å². The van der Waals surface area contributed by atoms with Crippen molar-refractivity contribution in [1.82, 2.24) is 15.2 Å². The molecule has 0 radical (unpaired) electrons. The third-order valence-electron chi connectivity index (χ3n) is 6.62. The van der Waals surface area contributed by atoms with Gasteiger partial charge in [-0.15, -0.1) is 0 Å². The second kappa shape index (κ2) is 9.15. The summed E-state index contributed by atoms with van der Waals surface area (Å²) in [5, 5.41) is 4.57. The molecule has 2 aliphatic heterocycles. The van der Waals surface area contributed by atoms with Crippen molar-refractivity contribution in [3.05, 3.63) is 52.5 Å². The van der Waals surface area contributed by atoms with E-state index in [0.717, 1.165) is 59.9 Å². The van der Waals surface area contributed by atoms with E-state index >= 15 is 0 Å². The number of furan rings is 1. The molecule has 8 nitrogen and oxygen atoms in total. The van der Waals surface area contributed by atoms with Gasteiger partial charge >= 0.3 is 6.03 Å². The van der Waals surface area contributed by atoms with Gasteiger partial charge in [-0.05, 0) is 68.3 Å². The molecule has 5 N–H and O–H groups in total. The average molecular weight is 468 g/mol. The summed E-state index contributed by atoms with van der Waals surface area (Å²) in [7, 11) is 0. The molecular formula is C24H29N5O3S. The van der Waals surface area contributed by atoms with Gasteiger partial charge in [-0.3, -0.25) is 4.90 Å². The van der Waals surface area contributed by atoms with E-state index in [1.807, 2.05) is 18.2 Å². The van der Waals surface area contributed by atoms with Crippen molar-refractivity contribution in [1.29, 1.82) is 0 Å². The van der Waals surface area contributed by atoms with Crippen molar-refractivity contribution in [2.24, 2.45) is 5.73 Å². The van der Waals surface area contributed by atoms with E-state index in [-0.39, 0.29) is 12.1 Å². The molecule has 33 heavy (non-hydrogen) atoms. The first-order valence-corrected chi connectivity index (χ1v) is 12.1. The number of carbonyl (C=O) groups excluding carboxylic acids is 1. The number of urea groups is 1. The number of rotatable bonds is 7. The molecule has 0 spiro atoms. The highest BCUT2D eigenvalue weighted by Crippen LogP contribution is 2.36. The van der Waals surface area contributed by atoms with Crippen LogP contribution < -0.4 is 27.4 Å². The molecule has 2 aromatic rings. The van der Waals surface area contributed by atoms with Gasteiger partial charge in [0.05, 0.1) is 11.4 Å². The highest BCUT2D eigenvalue weighted by atomic mass is 32.2. The number of anilines is 1. The van der Waals surface area contributed by atoms with E-state index in [4.69, 9.17) is 20.6 Å². The zero-order valence-electron chi connectivity index (χ0n) is 18.4. The first-order chi connectivity index (χ1) is 15.9. The summed E-state index contributed by atoms with van der Waals surface area (Å²) in [6, 6.07) is 6.52. The number of ether oxygens (including phenoxy) is 1. The van der Waals surface area contributed by atoms with E-state index in [1.54, 1.807) is 6.20 Å². The molecule has 2 aromatic heterocycles. The number of fused-ring (bicyclic) bond motifs is 3. The minimum Gasteiger partial charge on any atom is -0.480 e. The average Bonchev–Trinajstić information content (AvgIpc) is 3.26. The summed E-state index contributed by atoms with van der Waals surface area (Å²) in [5.41, 5.74) is 12.1. The van der Waals surface area contributed by atoms with Gasteiger partial charge in [0.15, 0.2) is 5.09 Å². The van der Waals surface area contributed by atoms with Crippen molar-refractivity contribution < 1.29 is 13.9 Å². The summed E-state index contributed by atoms with van der Waals surface area (Å²) in [4.78, 5) is 18.7. The van der Waals surface area contributed by atoms with Crippen molar-refractivity contribution in [2.75, 3.05) is 5.73 Å². The van der Waals surface area contributed by atoms with Crippen LogP contribution >= 0.6 is 11.8 Å². The Morgan fingerprint density at radius 2 is 2.15 bits per heavy atom. The molecule has 9 heteroatoms. The maximum absolute atomic E-state index is 11.2. The van der Waals surface area contributed by atoms with Gasteiger partial charge in [0.1, 0.15) is 23.1 Å². The third kappa shape index (κ3) is 4.89. The van der Waals surface area contributed by atoms with E-state index in [2.05, 4.69) is 33.9 Å². The Labute approximate surface area is 196 Å². The molecule has 2 saturated heterocycles. The zero-order valence-corrected chi connectivity index (χ0v) is 19.2. The number of aromatic nitrogens is 1. The topological polar surface area (TPSA) is 120 Å². The van der Waals surface area contributed by atoms with Gasteiger partial charge in [0.2, 0.25) is 0 Å². The Morgan fingerprint density at radius 1 is 1.36 bits per heavy atom. The van der Waals surface area contributed by atoms with Crippen LogP contribution in [0.2, 0.25) is 0 Å². The number of carbonyl (C=O) groups is 1. The van der Waals surface area contributed by atoms with Crippen molar-refractivity contribution in [3.8, 4) is 0 Å². The first-order valence-electron chi connectivity index (χ1n) is 11.3. The number of piperidine rings is 1. The Morgan fingerprint density at radius 3 is 2.88 bits per heavy atom. The van der Waals surface area contributed by atoms with Crippen LogP contribution in [0.3, 0.4) is 0 Å². The summed E-state index contributed by atoms with van der Waals surface area (Å²) < 4.78 is 12.2. The fourth-order valence-electron chi connectivity index (χ4n) is 5.24. The third-order valence-corrected chi connectivity index (χ3v) is 7.51. The Kier molecular flexibility index (Phi) is 6.07. The molecule has 2 fully saturated rings. The fourth-order valence-corrected chi connectivity index (χ4v) is 5.96.